The van der Waals surface area contributed by atoms with Gasteiger partial charge in [0.2, 0.25) is 5.91 Å². The fraction of sp³-hybridized carbons (Fsp3) is 0.318. The molecule has 2 aromatic heterocycles. The van der Waals surface area contributed by atoms with Gasteiger partial charge in [-0.15, -0.1) is 0 Å². The van der Waals surface area contributed by atoms with Crippen LogP contribution in [0.25, 0.3) is 5.69 Å². The maximum absolute atomic E-state index is 12.9. The number of benzene rings is 1. The molecular formula is C22H26N6O. The van der Waals surface area contributed by atoms with Crippen LogP contribution in [0.15, 0.2) is 54.9 Å². The molecule has 3 heterocycles. The van der Waals surface area contributed by atoms with Crippen molar-refractivity contribution in [3.8, 4) is 5.69 Å². The van der Waals surface area contributed by atoms with Crippen LogP contribution in [-0.2, 0) is 4.79 Å². The van der Waals surface area contributed by atoms with Crippen molar-refractivity contribution in [2.75, 3.05) is 31.5 Å². The maximum Gasteiger partial charge on any atom is 0.238 e. The first-order valence-corrected chi connectivity index (χ1v) is 9.89. The lowest BCUT2D eigenvalue weighted by Gasteiger charge is -2.35. The van der Waals surface area contributed by atoms with Crippen molar-refractivity contribution in [3.05, 3.63) is 71.8 Å². The summed E-state index contributed by atoms with van der Waals surface area (Å²) in [6.45, 7) is 6.72. The number of hydrogen-bond acceptors (Lipinski definition) is 5. The molecule has 1 fully saturated rings. The van der Waals surface area contributed by atoms with Crippen molar-refractivity contribution in [2.24, 2.45) is 0 Å². The molecule has 1 aliphatic heterocycles. The smallest absolute Gasteiger partial charge is 0.238 e. The summed E-state index contributed by atoms with van der Waals surface area (Å²) < 4.78 is 1.87. The van der Waals surface area contributed by atoms with Gasteiger partial charge in [0.05, 0.1) is 29.3 Å². The zero-order valence-electron chi connectivity index (χ0n) is 16.8. The Hall–Kier alpha value is -3.03. The normalized spacial score (nSPS) is 17.2. The topological polar surface area (TPSA) is 75.1 Å². The van der Waals surface area contributed by atoms with Crippen molar-refractivity contribution in [1.29, 1.82) is 0 Å². The van der Waals surface area contributed by atoms with Crippen LogP contribution in [0.5, 0.6) is 0 Å². The third-order valence-corrected chi connectivity index (χ3v) is 5.33. The molecule has 4 rings (SSSR count). The van der Waals surface area contributed by atoms with E-state index in [-0.39, 0.29) is 11.9 Å². The lowest BCUT2D eigenvalue weighted by atomic mass is 10.1. The van der Waals surface area contributed by atoms with Crippen LogP contribution in [0, 0.1) is 13.8 Å². The number of aryl methyl sites for hydroxylation is 1. The number of nitrogens with one attached hydrogen (secondary N) is 2. The summed E-state index contributed by atoms with van der Waals surface area (Å²) in [5.41, 5.74) is 4.62. The SMILES string of the molecule is Cc1nn(-c2ccccc2)c(C)c1NC(=O)CN1CCNCC1c1cccnc1. The number of piperazine rings is 1. The van der Waals surface area contributed by atoms with E-state index in [4.69, 9.17) is 0 Å². The summed E-state index contributed by atoms with van der Waals surface area (Å²) in [5, 5.41) is 11.1. The summed E-state index contributed by atoms with van der Waals surface area (Å²) in [6, 6.07) is 14.1. The minimum absolute atomic E-state index is 0.0281. The highest BCUT2D eigenvalue weighted by Gasteiger charge is 2.26. The third kappa shape index (κ3) is 4.21. The van der Waals surface area contributed by atoms with Gasteiger partial charge in [0.15, 0.2) is 0 Å². The Morgan fingerprint density at radius 2 is 2.03 bits per heavy atom. The summed E-state index contributed by atoms with van der Waals surface area (Å²) in [7, 11) is 0. The van der Waals surface area contributed by atoms with Gasteiger partial charge in [0.25, 0.3) is 0 Å². The van der Waals surface area contributed by atoms with Gasteiger partial charge in [-0.25, -0.2) is 4.68 Å². The second-order valence-corrected chi connectivity index (χ2v) is 7.32. The van der Waals surface area contributed by atoms with Gasteiger partial charge >= 0.3 is 0 Å². The quantitative estimate of drug-likeness (QED) is 0.700. The number of hydrogen-bond donors (Lipinski definition) is 2. The Kier molecular flexibility index (Phi) is 5.69. The van der Waals surface area contributed by atoms with Crippen molar-refractivity contribution in [2.45, 2.75) is 19.9 Å². The van der Waals surface area contributed by atoms with Gasteiger partial charge in [-0.1, -0.05) is 24.3 Å². The fourth-order valence-electron chi connectivity index (χ4n) is 3.84. The van der Waals surface area contributed by atoms with Gasteiger partial charge < -0.3 is 10.6 Å². The van der Waals surface area contributed by atoms with Crippen molar-refractivity contribution in [3.63, 3.8) is 0 Å². The summed E-state index contributed by atoms with van der Waals surface area (Å²) >= 11 is 0. The van der Waals surface area contributed by atoms with Crippen LogP contribution >= 0.6 is 0 Å². The molecule has 0 saturated carbocycles. The molecule has 1 unspecified atom stereocenters. The zero-order chi connectivity index (χ0) is 20.2. The number of pyridine rings is 1. The highest BCUT2D eigenvalue weighted by molar-refractivity contribution is 5.93. The molecule has 0 aliphatic carbocycles. The molecule has 150 valence electrons. The molecule has 2 N–H and O–H groups in total. The molecule has 0 bridgehead atoms. The summed E-state index contributed by atoms with van der Waals surface area (Å²) in [5.74, 6) is -0.0281. The summed E-state index contributed by atoms with van der Waals surface area (Å²) in [6.07, 6.45) is 3.65. The minimum Gasteiger partial charge on any atom is -0.322 e. The van der Waals surface area contributed by atoms with Gasteiger partial charge in [0.1, 0.15) is 0 Å². The lowest BCUT2D eigenvalue weighted by molar-refractivity contribution is -0.118. The van der Waals surface area contributed by atoms with E-state index in [0.29, 0.717) is 6.54 Å². The van der Waals surface area contributed by atoms with Crippen LogP contribution in [0.3, 0.4) is 0 Å². The van der Waals surface area contributed by atoms with Crippen LogP contribution in [0.4, 0.5) is 5.69 Å². The van der Waals surface area contributed by atoms with Crippen molar-refractivity contribution >= 4 is 11.6 Å². The molecule has 1 saturated heterocycles. The molecule has 7 nitrogen and oxygen atoms in total. The molecule has 29 heavy (non-hydrogen) atoms. The number of carbonyl (C=O) groups excluding carboxylic acids is 1. The number of para-hydroxylation sites is 1. The monoisotopic (exact) mass is 390 g/mol. The minimum atomic E-state index is -0.0281. The largest absolute Gasteiger partial charge is 0.322 e. The lowest BCUT2D eigenvalue weighted by Crippen LogP contribution is -2.48. The Morgan fingerprint density at radius 3 is 2.79 bits per heavy atom. The molecule has 1 atom stereocenters. The van der Waals surface area contributed by atoms with Crippen molar-refractivity contribution < 1.29 is 4.79 Å². The predicted octanol–water partition coefficient (Wildman–Crippen LogP) is 2.47. The first-order chi connectivity index (χ1) is 14.1. The average molecular weight is 390 g/mol. The van der Waals surface area contributed by atoms with E-state index in [1.807, 2.05) is 61.1 Å². The van der Waals surface area contributed by atoms with Crippen LogP contribution in [0.1, 0.15) is 23.0 Å². The van der Waals surface area contributed by atoms with Crippen LogP contribution in [0.2, 0.25) is 0 Å². The molecule has 1 aliphatic rings. The van der Waals surface area contributed by atoms with Gasteiger partial charge in [-0.05, 0) is 37.6 Å². The van der Waals surface area contributed by atoms with Gasteiger partial charge in [-0.3, -0.25) is 14.7 Å². The number of amides is 1. The first kappa shape index (κ1) is 19.3. The molecule has 3 aromatic rings. The average Bonchev–Trinajstić information content (AvgIpc) is 3.03. The van der Waals surface area contributed by atoms with Gasteiger partial charge in [0, 0.05) is 38.1 Å². The highest BCUT2D eigenvalue weighted by atomic mass is 16.2. The fourth-order valence-corrected chi connectivity index (χ4v) is 3.84. The Balaban J connectivity index is 1.49. The van der Waals surface area contributed by atoms with Crippen LogP contribution < -0.4 is 10.6 Å². The Morgan fingerprint density at radius 1 is 1.21 bits per heavy atom. The number of anilines is 1. The number of nitrogens with zero attached hydrogens (tertiary/aromatic N) is 4. The van der Waals surface area contributed by atoms with E-state index in [0.717, 1.165) is 48.0 Å². The molecular weight excluding hydrogens is 364 g/mol. The van der Waals surface area contributed by atoms with Crippen molar-refractivity contribution in [1.82, 2.24) is 25.0 Å². The standard InChI is InChI=1S/C22H26N6O/c1-16-22(17(2)28(26-16)19-8-4-3-5-9-19)25-21(29)15-27-12-11-24-14-20(27)18-7-6-10-23-13-18/h3-10,13,20,24H,11-12,14-15H2,1-2H3,(H,25,29). The van der Waals surface area contributed by atoms with E-state index < -0.39 is 0 Å². The highest BCUT2D eigenvalue weighted by Crippen LogP contribution is 2.24. The second-order valence-electron chi connectivity index (χ2n) is 7.32. The van der Waals surface area contributed by atoms with E-state index in [9.17, 15) is 4.79 Å². The van der Waals surface area contributed by atoms with E-state index >= 15 is 0 Å². The Labute approximate surface area is 170 Å². The van der Waals surface area contributed by atoms with E-state index in [1.165, 1.54) is 0 Å². The maximum atomic E-state index is 12.9. The Bertz CT molecular complexity index is 970. The van der Waals surface area contributed by atoms with E-state index in [2.05, 4.69) is 31.7 Å². The number of rotatable bonds is 5. The molecule has 0 spiro atoms. The number of aromatic nitrogens is 3. The summed E-state index contributed by atoms with van der Waals surface area (Å²) in [4.78, 5) is 19.3. The van der Waals surface area contributed by atoms with E-state index in [1.54, 1.807) is 6.20 Å². The second kappa shape index (κ2) is 8.55. The molecule has 1 amide bonds. The van der Waals surface area contributed by atoms with Gasteiger partial charge in [-0.2, -0.15) is 5.10 Å². The molecule has 1 aromatic carbocycles. The molecule has 0 radical (unpaired) electrons. The zero-order valence-corrected chi connectivity index (χ0v) is 16.8. The molecule has 7 heteroatoms. The van der Waals surface area contributed by atoms with Crippen LogP contribution in [-0.4, -0.2) is 51.8 Å². The number of carbonyl (C=O) groups is 1. The predicted molar refractivity (Wildman–Crippen MR) is 113 cm³/mol. The first-order valence-electron chi connectivity index (χ1n) is 9.89. The third-order valence-electron chi connectivity index (χ3n) is 5.33.